The Morgan fingerprint density at radius 3 is 2.03 bits per heavy atom. The maximum atomic E-state index is 12.8. The molecule has 0 spiro atoms. The largest absolute Gasteiger partial charge is 2.00 e. The van der Waals surface area contributed by atoms with Crippen LogP contribution < -0.4 is 5.56 Å². The van der Waals surface area contributed by atoms with Crippen molar-refractivity contribution in [1.29, 1.82) is 0 Å². The summed E-state index contributed by atoms with van der Waals surface area (Å²) in [7, 11) is -9.57. The minimum absolute atomic E-state index is 0. The van der Waals surface area contributed by atoms with Gasteiger partial charge in [-0.05, 0) is 55.8 Å². The van der Waals surface area contributed by atoms with Gasteiger partial charge in [0.05, 0.1) is 21.2 Å². The summed E-state index contributed by atoms with van der Waals surface area (Å²) in [6.45, 7) is 2.95. The number of aryl methyl sites for hydroxylation is 2. The Kier molecular flexibility index (Phi) is 9.06. The van der Waals surface area contributed by atoms with Crippen molar-refractivity contribution in [3.63, 3.8) is 0 Å². The number of carbonyl (C=O) groups excluding carboxylic acids is 1. The fourth-order valence-electron chi connectivity index (χ4n) is 2.91. The van der Waals surface area contributed by atoms with E-state index < -0.39 is 47.2 Å². The van der Waals surface area contributed by atoms with Crippen molar-refractivity contribution in [2.24, 2.45) is 10.2 Å². The van der Waals surface area contributed by atoms with Crippen molar-refractivity contribution >= 4 is 37.6 Å². The summed E-state index contributed by atoms with van der Waals surface area (Å²) in [5.41, 5.74) is -1.01. The number of aromatic nitrogens is 2. The van der Waals surface area contributed by atoms with Gasteiger partial charge in [0.15, 0.2) is 11.3 Å². The summed E-state index contributed by atoms with van der Waals surface area (Å²) in [6.07, 6.45) is 0. The van der Waals surface area contributed by atoms with E-state index in [1.54, 1.807) is 0 Å². The summed E-state index contributed by atoms with van der Waals surface area (Å²) >= 11 is 0. The number of nitrogens with zero attached hydrogens (tertiary/aromatic N) is 3. The van der Waals surface area contributed by atoms with E-state index in [-0.39, 0.29) is 51.0 Å². The van der Waals surface area contributed by atoms with E-state index in [0.29, 0.717) is 0 Å². The second-order valence-electron chi connectivity index (χ2n) is 6.79. The molecule has 0 aliphatic carbocycles. The van der Waals surface area contributed by atoms with Crippen LogP contribution in [0.5, 0.6) is 0 Å². The molecule has 3 rings (SSSR count). The van der Waals surface area contributed by atoms with Crippen molar-refractivity contribution in [1.82, 2.24) is 9.78 Å². The molecule has 35 heavy (non-hydrogen) atoms. The molecule has 4 N–H and O–H groups in total. The minimum Gasteiger partial charge on any atom is -0.870 e. The van der Waals surface area contributed by atoms with Crippen LogP contribution in [0.25, 0.3) is 5.69 Å². The van der Waals surface area contributed by atoms with Gasteiger partial charge in [-0.2, -0.15) is 0 Å². The van der Waals surface area contributed by atoms with E-state index in [1.165, 1.54) is 19.9 Å². The van der Waals surface area contributed by atoms with Crippen LogP contribution in [0.2, 0.25) is 0 Å². The first-order chi connectivity index (χ1) is 15.2. The molecule has 14 nitrogen and oxygen atoms in total. The van der Waals surface area contributed by atoms with Gasteiger partial charge in [0.2, 0.25) is 0 Å². The van der Waals surface area contributed by atoms with E-state index in [0.717, 1.165) is 35.0 Å². The first kappa shape index (κ1) is 29.9. The van der Waals surface area contributed by atoms with Crippen LogP contribution in [0.3, 0.4) is 0 Å². The molecule has 3 aromatic rings. The Labute approximate surface area is 208 Å². The first-order valence-electron chi connectivity index (χ1n) is 8.86. The smallest absolute Gasteiger partial charge is 0.870 e. The zero-order valence-corrected chi connectivity index (χ0v) is 20.7. The Balaban J connectivity index is 0.00000306. The van der Waals surface area contributed by atoms with Crippen LogP contribution in [0.15, 0.2) is 61.2 Å². The molecule has 0 bridgehead atoms. The molecule has 0 aliphatic heterocycles. The normalized spacial score (nSPS) is 11.7. The summed E-state index contributed by atoms with van der Waals surface area (Å²) in [5.74, 6) is -1.22. The summed E-state index contributed by atoms with van der Waals surface area (Å²) < 4.78 is 68.3. The molecular formula is C18H16CrN4O10S2. The average Bonchev–Trinajstić information content (AvgIpc) is 2.98. The number of H-pyrrole nitrogens is 1. The van der Waals surface area contributed by atoms with E-state index in [4.69, 9.17) is 5.11 Å². The number of hydrogen-bond acceptors (Lipinski definition) is 11. The maximum Gasteiger partial charge on any atom is 2.00 e. The summed E-state index contributed by atoms with van der Waals surface area (Å²) in [6, 6.07) is 5.94. The third-order valence-corrected chi connectivity index (χ3v) is 6.16. The van der Waals surface area contributed by atoms with E-state index in [1.807, 2.05) is 0 Å². The molecule has 17 heteroatoms. The first-order valence-corrected chi connectivity index (χ1v) is 11.7. The van der Waals surface area contributed by atoms with Gasteiger partial charge < -0.3 is 19.7 Å². The average molecular weight is 564 g/mol. The number of carbonyl (C=O) groups is 1. The van der Waals surface area contributed by atoms with Gasteiger partial charge in [0, 0.05) is 4.79 Å². The van der Waals surface area contributed by atoms with Crippen molar-refractivity contribution in [2.75, 3.05) is 0 Å². The van der Waals surface area contributed by atoms with Gasteiger partial charge in [-0.3, -0.25) is 9.89 Å². The van der Waals surface area contributed by atoms with Gasteiger partial charge in [-0.15, -0.1) is 10.2 Å². The van der Waals surface area contributed by atoms with E-state index in [2.05, 4.69) is 15.3 Å². The van der Waals surface area contributed by atoms with Crippen LogP contribution in [-0.4, -0.2) is 52.3 Å². The van der Waals surface area contributed by atoms with E-state index >= 15 is 0 Å². The number of nitrogens with one attached hydrogen (secondary N) is 1. The van der Waals surface area contributed by atoms with Crippen molar-refractivity contribution in [3.05, 3.63) is 63.6 Å². The molecule has 0 unspecified atom stereocenters. The number of benzene rings is 2. The van der Waals surface area contributed by atoms with Gasteiger partial charge >= 0.3 is 23.3 Å². The predicted molar refractivity (Wildman–Crippen MR) is 112 cm³/mol. The summed E-state index contributed by atoms with van der Waals surface area (Å²) in [5, 5.41) is 17.4. The molecule has 0 atom stereocenters. The van der Waals surface area contributed by atoms with Crippen LogP contribution >= 0.6 is 0 Å². The molecule has 0 radical (unpaired) electrons. The molecule has 2 aromatic carbocycles. The van der Waals surface area contributed by atoms with Crippen LogP contribution in [-0.2, 0) is 37.6 Å². The van der Waals surface area contributed by atoms with E-state index in [9.17, 15) is 35.5 Å². The Morgan fingerprint density at radius 2 is 1.51 bits per heavy atom. The Hall–Kier alpha value is -3.17. The molecule has 0 saturated carbocycles. The Bertz CT molecular complexity index is 1590. The fraction of sp³-hybridized carbons (Fsp3) is 0.111. The zero-order chi connectivity index (χ0) is 24.7. The molecule has 0 aliphatic rings. The Morgan fingerprint density at radius 1 is 0.971 bits per heavy atom. The van der Waals surface area contributed by atoms with Gasteiger partial charge in [-0.1, -0.05) is 0 Å². The third kappa shape index (κ3) is 6.29. The number of hydrogen-bond donors (Lipinski definition) is 1. The number of azo groups is 1. The molecule has 186 valence electrons. The zero-order valence-electron chi connectivity index (χ0n) is 17.7. The molecule has 1 heterocycles. The monoisotopic (exact) mass is 564 g/mol. The quantitative estimate of drug-likeness (QED) is 0.251. The van der Waals surface area contributed by atoms with Crippen LogP contribution in [0.4, 0.5) is 11.4 Å². The topological polar surface area (TPSA) is 247 Å². The molecular weight excluding hydrogens is 548 g/mol. The SMILES string of the molecule is Cc1cc(S(=O)(=O)[O-])ccc1-n1[nH]c(C)c(N=Nc2cc(S(=O)(=O)[O-])ccc2C(=O)[OH2+])c1=O.[Cr+2].[OH-]. The van der Waals surface area contributed by atoms with Gasteiger partial charge in [0.1, 0.15) is 25.9 Å². The maximum absolute atomic E-state index is 12.8. The second kappa shape index (κ2) is 10.6. The van der Waals surface area contributed by atoms with Crippen molar-refractivity contribution < 1.29 is 58.7 Å². The van der Waals surface area contributed by atoms with Gasteiger partial charge in [0.25, 0.3) is 5.56 Å². The third-order valence-electron chi connectivity index (χ3n) is 4.50. The molecule has 0 saturated heterocycles. The summed E-state index contributed by atoms with van der Waals surface area (Å²) in [4.78, 5) is 23.2. The minimum atomic E-state index is -4.88. The van der Waals surface area contributed by atoms with Crippen molar-refractivity contribution in [3.8, 4) is 5.69 Å². The van der Waals surface area contributed by atoms with Crippen molar-refractivity contribution in [2.45, 2.75) is 23.6 Å². The second-order valence-corrected chi connectivity index (χ2v) is 9.55. The van der Waals surface area contributed by atoms with Crippen LogP contribution in [0.1, 0.15) is 21.6 Å². The fourth-order valence-corrected chi connectivity index (χ4v) is 3.95. The standard InChI is InChI=1S/C18H16N4O9S2.Cr.H2O/c1-9-7-11(32(26,27)28)4-6-15(9)22-17(23)16(10(2)21-22)20-19-14-8-12(33(29,30)31)3-5-13(14)18(24)25;;/h3-8,21H,1-2H3,(H,24,25)(H,26,27,28)(H,29,30,31);;1H2/q;+2;/p-2. The van der Waals surface area contributed by atoms with Crippen LogP contribution in [0, 0.1) is 13.8 Å². The van der Waals surface area contributed by atoms with Gasteiger partial charge in [-0.25, -0.2) is 21.5 Å². The molecule has 0 fully saturated rings. The molecule has 1 aromatic heterocycles. The number of rotatable bonds is 6. The number of aromatic amines is 1. The molecule has 0 amide bonds. The predicted octanol–water partition coefficient (Wildman–Crippen LogP) is 0.692.